The third kappa shape index (κ3) is 7.79. The number of nitrogens with one attached hydrogen (secondary N) is 3. The number of fused-ring (bicyclic) bond motifs is 1. The standard InChI is InChI=1S/C28H23ClFN7O2/c29-24-15-22(7-9-26(24)39-16-20-3-1-5-21(30)13-20)37-27-23-14-19(6-8-25(23)35-18-36-27)4-2-10-32-28(34-17-31)33-11-12-38/h1,3,5-9,13-15,18,38H,10-12,16H2,(H2,32,33,34)(H,35,36,37). The highest BCUT2D eigenvalue weighted by atomic mass is 35.5. The Balaban J connectivity index is 1.45. The van der Waals surface area contributed by atoms with Gasteiger partial charge in [0.25, 0.3) is 0 Å². The maximum atomic E-state index is 13.4. The van der Waals surface area contributed by atoms with E-state index in [4.69, 9.17) is 26.7 Å². The first kappa shape index (κ1) is 27.1. The number of aliphatic hydroxyl groups is 1. The summed E-state index contributed by atoms with van der Waals surface area (Å²) in [5.74, 6) is 6.99. The van der Waals surface area contributed by atoms with Gasteiger partial charge in [-0.15, -0.1) is 0 Å². The highest BCUT2D eigenvalue weighted by Crippen LogP contribution is 2.31. The molecule has 1 aromatic heterocycles. The van der Waals surface area contributed by atoms with E-state index in [0.717, 1.165) is 16.5 Å². The molecule has 4 aromatic rings. The summed E-state index contributed by atoms with van der Waals surface area (Å²) in [5, 5.41) is 27.4. The minimum atomic E-state index is -0.324. The summed E-state index contributed by atoms with van der Waals surface area (Å²) in [5.41, 5.74) is 2.86. The average Bonchev–Trinajstić information content (AvgIpc) is 2.94. The average molecular weight is 544 g/mol. The fourth-order valence-electron chi connectivity index (χ4n) is 3.48. The Hall–Kier alpha value is -4.90. The first-order valence-electron chi connectivity index (χ1n) is 11.8. The van der Waals surface area contributed by atoms with Crippen molar-refractivity contribution in [3.63, 3.8) is 0 Å². The van der Waals surface area contributed by atoms with E-state index in [2.05, 4.69) is 42.8 Å². The van der Waals surface area contributed by atoms with Gasteiger partial charge in [-0.2, -0.15) is 5.26 Å². The SMILES string of the molecule is N#CNC(=NCCO)NCC#Cc1ccc2ncnc(Nc3ccc(OCc4cccc(F)c4)c(Cl)c3)c2c1. The Morgan fingerprint density at radius 1 is 1.13 bits per heavy atom. The number of ether oxygens (including phenoxy) is 1. The lowest BCUT2D eigenvalue weighted by Gasteiger charge is -2.12. The second-order valence-electron chi connectivity index (χ2n) is 7.99. The summed E-state index contributed by atoms with van der Waals surface area (Å²) in [4.78, 5) is 12.7. The number of benzene rings is 3. The van der Waals surface area contributed by atoms with Crippen molar-refractivity contribution in [1.29, 1.82) is 5.26 Å². The van der Waals surface area contributed by atoms with Gasteiger partial charge < -0.3 is 20.5 Å². The van der Waals surface area contributed by atoms with Gasteiger partial charge in [0.2, 0.25) is 5.96 Å². The molecule has 0 bridgehead atoms. The van der Waals surface area contributed by atoms with Crippen LogP contribution in [0.3, 0.4) is 0 Å². The Morgan fingerprint density at radius 2 is 2.03 bits per heavy atom. The third-order valence-corrected chi connectivity index (χ3v) is 5.53. The number of aliphatic imine (C=N–C) groups is 1. The topological polar surface area (TPSA) is 127 Å². The van der Waals surface area contributed by atoms with E-state index in [1.807, 2.05) is 18.2 Å². The van der Waals surface area contributed by atoms with Crippen molar-refractivity contribution in [2.45, 2.75) is 6.61 Å². The number of rotatable bonds is 8. The molecule has 0 aliphatic heterocycles. The second-order valence-corrected chi connectivity index (χ2v) is 8.40. The molecule has 0 aliphatic carbocycles. The van der Waals surface area contributed by atoms with Crippen molar-refractivity contribution in [3.05, 3.63) is 89.0 Å². The Labute approximate surface area is 229 Å². The third-order valence-electron chi connectivity index (χ3n) is 5.23. The fraction of sp³-hybridized carbons (Fsp3) is 0.143. The van der Waals surface area contributed by atoms with Crippen LogP contribution in [0.5, 0.6) is 5.75 Å². The summed E-state index contributed by atoms with van der Waals surface area (Å²) in [6.45, 7) is 0.464. The molecule has 196 valence electrons. The predicted octanol–water partition coefficient (Wildman–Crippen LogP) is 4.10. The van der Waals surface area contributed by atoms with Crippen LogP contribution < -0.4 is 20.7 Å². The molecule has 0 spiro atoms. The number of nitriles is 1. The highest BCUT2D eigenvalue weighted by Gasteiger charge is 2.08. The number of hydrogen-bond donors (Lipinski definition) is 4. The van der Waals surface area contributed by atoms with Gasteiger partial charge in [-0.25, -0.2) is 14.4 Å². The molecule has 0 aliphatic rings. The molecule has 3 aromatic carbocycles. The molecule has 0 saturated carbocycles. The molecule has 11 heteroatoms. The molecule has 1 heterocycles. The molecule has 0 atom stereocenters. The summed E-state index contributed by atoms with van der Waals surface area (Å²) >= 11 is 6.44. The van der Waals surface area contributed by atoms with Gasteiger partial charge >= 0.3 is 0 Å². The van der Waals surface area contributed by atoms with Crippen LogP contribution in [0.1, 0.15) is 11.1 Å². The van der Waals surface area contributed by atoms with Crippen LogP contribution in [-0.4, -0.2) is 40.7 Å². The molecule has 0 unspecified atom stereocenters. The maximum absolute atomic E-state index is 13.4. The van der Waals surface area contributed by atoms with E-state index in [0.29, 0.717) is 27.8 Å². The fourth-order valence-corrected chi connectivity index (χ4v) is 3.72. The molecular formula is C28H23ClFN7O2. The molecule has 39 heavy (non-hydrogen) atoms. The summed E-state index contributed by atoms with van der Waals surface area (Å²) in [6, 6.07) is 17.0. The number of aromatic nitrogens is 2. The molecule has 0 amide bonds. The van der Waals surface area contributed by atoms with Crippen LogP contribution in [0.4, 0.5) is 15.9 Å². The highest BCUT2D eigenvalue weighted by molar-refractivity contribution is 6.32. The lowest BCUT2D eigenvalue weighted by Crippen LogP contribution is -2.35. The van der Waals surface area contributed by atoms with Gasteiger partial charge in [-0.1, -0.05) is 35.6 Å². The van der Waals surface area contributed by atoms with Crippen LogP contribution in [-0.2, 0) is 6.61 Å². The van der Waals surface area contributed by atoms with Crippen molar-refractivity contribution >= 4 is 40.0 Å². The van der Waals surface area contributed by atoms with Gasteiger partial charge in [-0.05, 0) is 54.1 Å². The number of hydrogen-bond acceptors (Lipinski definition) is 7. The van der Waals surface area contributed by atoms with Crippen molar-refractivity contribution in [2.75, 3.05) is 25.0 Å². The van der Waals surface area contributed by atoms with Gasteiger partial charge in [0.1, 0.15) is 30.3 Å². The second kappa shape index (κ2) is 13.6. The molecule has 4 rings (SSSR count). The van der Waals surface area contributed by atoms with Gasteiger partial charge in [-0.3, -0.25) is 10.3 Å². The number of halogens is 2. The van der Waals surface area contributed by atoms with Crippen molar-refractivity contribution in [1.82, 2.24) is 20.6 Å². The molecular weight excluding hydrogens is 521 g/mol. The van der Waals surface area contributed by atoms with Crippen LogP contribution in [0.2, 0.25) is 5.02 Å². The predicted molar refractivity (Wildman–Crippen MR) is 148 cm³/mol. The van der Waals surface area contributed by atoms with Crippen molar-refractivity contribution in [2.24, 2.45) is 4.99 Å². The summed E-state index contributed by atoms with van der Waals surface area (Å²) in [7, 11) is 0. The quantitative estimate of drug-likeness (QED) is 0.0859. The molecule has 9 nitrogen and oxygen atoms in total. The summed E-state index contributed by atoms with van der Waals surface area (Å²) < 4.78 is 19.2. The molecule has 0 fully saturated rings. The van der Waals surface area contributed by atoms with E-state index in [9.17, 15) is 4.39 Å². The number of nitrogens with zero attached hydrogens (tertiary/aromatic N) is 4. The zero-order chi connectivity index (χ0) is 27.5. The smallest absolute Gasteiger partial charge is 0.205 e. The van der Waals surface area contributed by atoms with Gasteiger partial charge in [0.05, 0.1) is 30.2 Å². The minimum Gasteiger partial charge on any atom is -0.487 e. The van der Waals surface area contributed by atoms with Crippen molar-refractivity contribution < 1.29 is 14.2 Å². The van der Waals surface area contributed by atoms with E-state index >= 15 is 0 Å². The Bertz CT molecular complexity index is 1590. The van der Waals surface area contributed by atoms with Gasteiger partial charge in [0, 0.05) is 16.6 Å². The summed E-state index contributed by atoms with van der Waals surface area (Å²) in [6.07, 6.45) is 3.25. The lowest BCUT2D eigenvalue weighted by atomic mass is 10.1. The zero-order valence-electron chi connectivity index (χ0n) is 20.6. The Morgan fingerprint density at radius 3 is 2.82 bits per heavy atom. The van der Waals surface area contributed by atoms with E-state index in [-0.39, 0.29) is 38.1 Å². The van der Waals surface area contributed by atoms with E-state index in [1.165, 1.54) is 18.5 Å². The van der Waals surface area contributed by atoms with Crippen LogP contribution in [0.25, 0.3) is 10.9 Å². The van der Waals surface area contributed by atoms with Crippen LogP contribution in [0, 0.1) is 29.1 Å². The number of aliphatic hydroxyl groups excluding tert-OH is 1. The molecule has 0 radical (unpaired) electrons. The molecule has 0 saturated heterocycles. The zero-order valence-corrected chi connectivity index (χ0v) is 21.3. The van der Waals surface area contributed by atoms with Crippen LogP contribution in [0.15, 0.2) is 72.0 Å². The Kier molecular flexibility index (Phi) is 9.46. The first-order valence-corrected chi connectivity index (χ1v) is 12.2. The largest absolute Gasteiger partial charge is 0.487 e. The van der Waals surface area contributed by atoms with Crippen LogP contribution >= 0.6 is 11.6 Å². The normalized spacial score (nSPS) is 10.8. The monoisotopic (exact) mass is 543 g/mol. The first-order chi connectivity index (χ1) is 19.1. The van der Waals surface area contributed by atoms with E-state index < -0.39 is 0 Å². The maximum Gasteiger partial charge on any atom is 0.205 e. The minimum absolute atomic E-state index is 0.125. The van der Waals surface area contributed by atoms with Crippen molar-refractivity contribution in [3.8, 4) is 23.8 Å². The number of guanidine groups is 1. The molecule has 4 N–H and O–H groups in total. The lowest BCUT2D eigenvalue weighted by molar-refractivity contribution is 0.306. The number of anilines is 2. The van der Waals surface area contributed by atoms with Gasteiger partial charge in [0.15, 0.2) is 6.19 Å². The van der Waals surface area contributed by atoms with E-state index in [1.54, 1.807) is 36.5 Å².